The third kappa shape index (κ3) is 3.60. The third-order valence-electron chi connectivity index (χ3n) is 4.14. The molecule has 0 aliphatic carbocycles. The van der Waals surface area contributed by atoms with Crippen molar-refractivity contribution in [1.29, 1.82) is 0 Å². The minimum absolute atomic E-state index is 0.0898. The Kier molecular flexibility index (Phi) is 4.94. The number of carbonyl (C=O) groups is 1. The van der Waals surface area contributed by atoms with Crippen molar-refractivity contribution in [3.63, 3.8) is 0 Å². The number of aryl methyl sites for hydroxylation is 1. The van der Waals surface area contributed by atoms with E-state index >= 15 is 0 Å². The van der Waals surface area contributed by atoms with Crippen LogP contribution in [0.2, 0.25) is 0 Å². The summed E-state index contributed by atoms with van der Waals surface area (Å²) in [5, 5.41) is 7.34. The predicted molar refractivity (Wildman–Crippen MR) is 115 cm³/mol. The van der Waals surface area contributed by atoms with Gasteiger partial charge in [0, 0.05) is 26.0 Å². The third-order valence-corrected chi connectivity index (χ3v) is 6.42. The Morgan fingerprint density at radius 1 is 1.30 bits per heavy atom. The lowest BCUT2D eigenvalue weighted by atomic mass is 10.2. The van der Waals surface area contributed by atoms with Gasteiger partial charge in [0.25, 0.3) is 5.56 Å². The van der Waals surface area contributed by atoms with Crippen molar-refractivity contribution in [3.8, 4) is 10.4 Å². The van der Waals surface area contributed by atoms with Crippen LogP contribution in [0.25, 0.3) is 20.7 Å². The van der Waals surface area contributed by atoms with E-state index in [1.807, 2.05) is 48.0 Å². The number of thiophene rings is 2. The van der Waals surface area contributed by atoms with Crippen LogP contribution in [0.5, 0.6) is 0 Å². The smallest absolute Gasteiger partial charge is 0.263 e. The van der Waals surface area contributed by atoms with Crippen LogP contribution in [0.4, 0.5) is 5.69 Å². The van der Waals surface area contributed by atoms with E-state index < -0.39 is 0 Å². The number of halogens is 1. The average molecular weight is 460 g/mol. The van der Waals surface area contributed by atoms with Crippen molar-refractivity contribution >= 4 is 60.4 Å². The molecule has 1 amide bonds. The first-order valence-corrected chi connectivity index (χ1v) is 10.6. The lowest BCUT2D eigenvalue weighted by molar-refractivity contribution is -0.116. The number of anilines is 1. The highest BCUT2D eigenvalue weighted by Gasteiger charge is 2.15. The van der Waals surface area contributed by atoms with E-state index in [1.54, 1.807) is 11.3 Å². The molecule has 4 aromatic rings. The van der Waals surface area contributed by atoms with Gasteiger partial charge in [-0.25, -0.2) is 4.98 Å². The zero-order valence-electron chi connectivity index (χ0n) is 14.2. The highest BCUT2D eigenvalue weighted by atomic mass is 79.9. The van der Waals surface area contributed by atoms with Gasteiger partial charge in [0.1, 0.15) is 11.4 Å². The number of hydrogen-bond acceptors (Lipinski definition) is 5. The van der Waals surface area contributed by atoms with Crippen LogP contribution in [0.15, 0.2) is 56.7 Å². The molecule has 0 aliphatic rings. The van der Waals surface area contributed by atoms with Crippen LogP contribution >= 0.6 is 38.6 Å². The van der Waals surface area contributed by atoms with Crippen LogP contribution in [0.3, 0.4) is 0 Å². The Morgan fingerprint density at radius 3 is 2.93 bits per heavy atom. The fourth-order valence-corrected chi connectivity index (χ4v) is 4.85. The lowest BCUT2D eigenvalue weighted by Gasteiger charge is -2.10. The van der Waals surface area contributed by atoms with E-state index in [2.05, 4.69) is 26.2 Å². The second-order valence-electron chi connectivity index (χ2n) is 5.99. The summed E-state index contributed by atoms with van der Waals surface area (Å²) in [6, 6.07) is 9.59. The molecule has 136 valence electrons. The molecule has 0 saturated carbocycles. The Labute approximate surface area is 171 Å². The summed E-state index contributed by atoms with van der Waals surface area (Å²) in [4.78, 5) is 31.5. The largest absolute Gasteiger partial charge is 0.324 e. The first-order chi connectivity index (χ1) is 13.0. The van der Waals surface area contributed by atoms with Gasteiger partial charge in [0.2, 0.25) is 5.91 Å². The molecule has 0 fully saturated rings. The van der Waals surface area contributed by atoms with Gasteiger partial charge in [0.15, 0.2) is 0 Å². The number of fused-ring (bicyclic) bond motifs is 1. The Bertz CT molecular complexity index is 1200. The topological polar surface area (TPSA) is 64.0 Å². The second-order valence-corrected chi connectivity index (χ2v) is 8.71. The molecule has 8 heteroatoms. The van der Waals surface area contributed by atoms with Crippen LogP contribution in [-0.2, 0) is 11.3 Å². The highest BCUT2D eigenvalue weighted by molar-refractivity contribution is 9.10. The molecule has 1 N–H and O–H groups in total. The minimum atomic E-state index is -0.271. The molecule has 1 aromatic carbocycles. The fraction of sp³-hybridized carbons (Fsp3) is 0.105. The van der Waals surface area contributed by atoms with Gasteiger partial charge >= 0.3 is 0 Å². The number of nitrogens with one attached hydrogen (secondary N) is 1. The number of carbonyl (C=O) groups excluding carboxylic acids is 1. The summed E-state index contributed by atoms with van der Waals surface area (Å²) in [6.45, 7) is 1.83. The molecular weight excluding hydrogens is 446 g/mol. The zero-order chi connectivity index (χ0) is 19.0. The molecule has 0 saturated heterocycles. The van der Waals surface area contributed by atoms with Crippen LogP contribution in [0, 0.1) is 6.92 Å². The van der Waals surface area contributed by atoms with Crippen LogP contribution in [0.1, 0.15) is 5.56 Å². The molecule has 5 nitrogen and oxygen atoms in total. The molecule has 0 spiro atoms. The maximum absolute atomic E-state index is 13.0. The number of benzene rings is 1. The fourth-order valence-electron chi connectivity index (χ4n) is 2.77. The molecule has 0 unspecified atom stereocenters. The predicted octanol–water partition coefficient (Wildman–Crippen LogP) is 4.90. The molecule has 27 heavy (non-hydrogen) atoms. The number of aromatic nitrogens is 2. The van der Waals surface area contributed by atoms with Crippen molar-refractivity contribution in [2.24, 2.45) is 0 Å². The molecule has 0 bridgehead atoms. The Morgan fingerprint density at radius 2 is 2.15 bits per heavy atom. The summed E-state index contributed by atoms with van der Waals surface area (Å²) in [5.41, 5.74) is 2.34. The van der Waals surface area contributed by atoms with E-state index in [0.717, 1.165) is 20.5 Å². The van der Waals surface area contributed by atoms with Crippen molar-refractivity contribution in [3.05, 3.63) is 67.8 Å². The summed E-state index contributed by atoms with van der Waals surface area (Å²) < 4.78 is 2.23. The van der Waals surface area contributed by atoms with Gasteiger partial charge in [-0.2, -0.15) is 0 Å². The molecule has 4 rings (SSSR count). The quantitative estimate of drug-likeness (QED) is 0.472. The van der Waals surface area contributed by atoms with Gasteiger partial charge in [-0.1, -0.05) is 28.1 Å². The van der Waals surface area contributed by atoms with E-state index in [9.17, 15) is 9.59 Å². The first-order valence-electron chi connectivity index (χ1n) is 8.09. The van der Waals surface area contributed by atoms with Gasteiger partial charge in [-0.3, -0.25) is 14.2 Å². The van der Waals surface area contributed by atoms with Gasteiger partial charge in [0.05, 0.1) is 11.7 Å². The molecule has 3 heterocycles. The van der Waals surface area contributed by atoms with Crippen LogP contribution < -0.4 is 10.9 Å². The molecule has 0 radical (unpaired) electrons. The summed E-state index contributed by atoms with van der Waals surface area (Å²) in [7, 11) is 0. The second kappa shape index (κ2) is 7.38. The molecular formula is C19H14BrN3O2S2. The van der Waals surface area contributed by atoms with Crippen LogP contribution in [-0.4, -0.2) is 15.5 Å². The minimum Gasteiger partial charge on any atom is -0.324 e. The van der Waals surface area contributed by atoms with Crippen molar-refractivity contribution in [1.82, 2.24) is 9.55 Å². The van der Waals surface area contributed by atoms with E-state index in [0.29, 0.717) is 15.9 Å². The van der Waals surface area contributed by atoms with E-state index in [-0.39, 0.29) is 18.0 Å². The highest BCUT2D eigenvalue weighted by Crippen LogP contribution is 2.33. The average Bonchev–Trinajstić information content (AvgIpc) is 3.30. The van der Waals surface area contributed by atoms with Crippen molar-refractivity contribution in [2.45, 2.75) is 13.5 Å². The van der Waals surface area contributed by atoms with Gasteiger partial charge in [-0.15, -0.1) is 22.7 Å². The standard InChI is InChI=1S/C19H14BrN3O2S2/c1-11-4-5-12(20)7-14(11)22-16(24)8-23-10-21-18-17(19(23)25)13(9-27-18)15-3-2-6-26-15/h2-7,9-10H,8H2,1H3,(H,22,24). The summed E-state index contributed by atoms with van der Waals surface area (Å²) in [6.07, 6.45) is 1.44. The maximum Gasteiger partial charge on any atom is 0.263 e. The number of amides is 1. The molecule has 0 atom stereocenters. The van der Waals surface area contributed by atoms with Gasteiger partial charge in [-0.05, 0) is 36.1 Å². The van der Waals surface area contributed by atoms with Crippen molar-refractivity contribution < 1.29 is 4.79 Å². The van der Waals surface area contributed by atoms with E-state index in [4.69, 9.17) is 0 Å². The maximum atomic E-state index is 13.0. The Hall–Kier alpha value is -2.29. The summed E-state index contributed by atoms with van der Waals surface area (Å²) in [5.74, 6) is -0.271. The monoisotopic (exact) mass is 459 g/mol. The molecule has 3 aromatic heterocycles. The van der Waals surface area contributed by atoms with E-state index in [1.165, 1.54) is 22.2 Å². The normalized spacial score (nSPS) is 11.0. The SMILES string of the molecule is Cc1ccc(Br)cc1NC(=O)Cn1cnc2scc(-c3cccs3)c2c1=O. The number of nitrogens with zero attached hydrogens (tertiary/aromatic N) is 2. The zero-order valence-corrected chi connectivity index (χ0v) is 17.5. The number of hydrogen-bond donors (Lipinski definition) is 1. The first kappa shape index (κ1) is 18.1. The summed E-state index contributed by atoms with van der Waals surface area (Å²) >= 11 is 6.41. The molecule has 0 aliphatic heterocycles. The Balaban J connectivity index is 1.65. The van der Waals surface area contributed by atoms with Crippen molar-refractivity contribution in [2.75, 3.05) is 5.32 Å². The lowest BCUT2D eigenvalue weighted by Crippen LogP contribution is -2.28. The van der Waals surface area contributed by atoms with Gasteiger partial charge < -0.3 is 5.32 Å². The number of rotatable bonds is 4.